The molecular weight excluding hydrogens is 230 g/mol. The molecule has 6 nitrogen and oxygen atoms in total. The van der Waals surface area contributed by atoms with Crippen LogP contribution in [0.4, 0.5) is 11.9 Å². The van der Waals surface area contributed by atoms with Crippen molar-refractivity contribution in [1.29, 1.82) is 0 Å². The molecule has 1 heterocycles. The zero-order valence-electron chi connectivity index (χ0n) is 11.3. The van der Waals surface area contributed by atoms with Crippen molar-refractivity contribution >= 4 is 11.9 Å². The van der Waals surface area contributed by atoms with Gasteiger partial charge in [0.05, 0.1) is 6.61 Å². The first-order chi connectivity index (χ1) is 8.78. The molecule has 100 valence electrons. The second-order valence-electron chi connectivity index (χ2n) is 4.35. The van der Waals surface area contributed by atoms with Crippen LogP contribution in [0.2, 0.25) is 0 Å². The predicted octanol–water partition coefficient (Wildman–Crippen LogP) is 1.69. The number of nitrogens with one attached hydrogen (secondary N) is 1. The van der Waals surface area contributed by atoms with E-state index in [1.165, 1.54) is 12.8 Å². The molecule has 1 N–H and O–H groups in total. The Bertz CT molecular complexity index is 394. The second-order valence-corrected chi connectivity index (χ2v) is 4.35. The van der Waals surface area contributed by atoms with Crippen molar-refractivity contribution in [3.8, 4) is 6.01 Å². The van der Waals surface area contributed by atoms with E-state index in [4.69, 9.17) is 4.74 Å². The van der Waals surface area contributed by atoms with Crippen molar-refractivity contribution in [1.82, 2.24) is 15.0 Å². The highest BCUT2D eigenvalue weighted by Gasteiger charge is 2.30. The maximum Gasteiger partial charge on any atom is 0.323 e. The first-order valence-corrected chi connectivity index (χ1v) is 6.61. The van der Waals surface area contributed by atoms with E-state index in [1.807, 2.05) is 6.92 Å². The highest BCUT2D eigenvalue weighted by molar-refractivity contribution is 5.40. The van der Waals surface area contributed by atoms with Crippen LogP contribution in [0.3, 0.4) is 0 Å². The zero-order valence-corrected chi connectivity index (χ0v) is 11.3. The topological polar surface area (TPSA) is 63.2 Å². The van der Waals surface area contributed by atoms with Gasteiger partial charge in [0.1, 0.15) is 0 Å². The van der Waals surface area contributed by atoms with E-state index in [1.54, 1.807) is 7.05 Å². The largest absolute Gasteiger partial charge is 0.464 e. The summed E-state index contributed by atoms with van der Waals surface area (Å²) in [6, 6.07) is 0.986. The summed E-state index contributed by atoms with van der Waals surface area (Å²) < 4.78 is 5.39. The lowest BCUT2D eigenvalue weighted by molar-refractivity contribution is 0.312. The maximum atomic E-state index is 5.39. The number of hydrogen-bond acceptors (Lipinski definition) is 6. The third-order valence-electron chi connectivity index (χ3n) is 2.81. The van der Waals surface area contributed by atoms with Gasteiger partial charge in [-0.05, 0) is 26.2 Å². The summed E-state index contributed by atoms with van der Waals surface area (Å²) in [7, 11) is 1.80. The third-order valence-corrected chi connectivity index (χ3v) is 2.81. The van der Waals surface area contributed by atoms with Crippen molar-refractivity contribution in [2.24, 2.45) is 0 Å². The van der Waals surface area contributed by atoms with Gasteiger partial charge in [-0.1, -0.05) is 6.92 Å². The van der Waals surface area contributed by atoms with E-state index in [0.29, 0.717) is 24.6 Å². The molecule has 1 aliphatic rings. The number of ether oxygens (including phenoxy) is 1. The van der Waals surface area contributed by atoms with Crippen LogP contribution in [0, 0.1) is 0 Å². The summed E-state index contributed by atoms with van der Waals surface area (Å²) in [5.41, 5.74) is 0. The minimum atomic E-state index is 0.397. The first kappa shape index (κ1) is 12.9. The highest BCUT2D eigenvalue weighted by atomic mass is 16.5. The Labute approximate surface area is 108 Å². The number of rotatable bonds is 7. The van der Waals surface area contributed by atoms with Crippen LogP contribution in [0.25, 0.3) is 0 Å². The molecule has 0 aromatic carbocycles. The van der Waals surface area contributed by atoms with Crippen LogP contribution in [-0.2, 0) is 0 Å². The first-order valence-electron chi connectivity index (χ1n) is 6.61. The Morgan fingerprint density at radius 3 is 2.61 bits per heavy atom. The van der Waals surface area contributed by atoms with Gasteiger partial charge in [0, 0.05) is 19.6 Å². The molecule has 6 heteroatoms. The van der Waals surface area contributed by atoms with E-state index in [0.717, 1.165) is 18.9 Å². The minimum absolute atomic E-state index is 0.397. The normalized spacial score (nSPS) is 14.4. The molecule has 0 radical (unpaired) electrons. The monoisotopic (exact) mass is 251 g/mol. The molecule has 0 unspecified atom stereocenters. The quantitative estimate of drug-likeness (QED) is 0.795. The van der Waals surface area contributed by atoms with Gasteiger partial charge in [0.15, 0.2) is 0 Å². The number of aromatic nitrogens is 3. The molecule has 0 bridgehead atoms. The summed E-state index contributed by atoms with van der Waals surface area (Å²) in [5, 5.41) is 2.95. The van der Waals surface area contributed by atoms with Crippen molar-refractivity contribution < 1.29 is 4.74 Å². The number of anilines is 2. The fourth-order valence-electron chi connectivity index (χ4n) is 1.85. The van der Waals surface area contributed by atoms with E-state index in [2.05, 4.69) is 32.1 Å². The Kier molecular flexibility index (Phi) is 4.17. The molecule has 0 saturated heterocycles. The smallest absolute Gasteiger partial charge is 0.323 e. The summed E-state index contributed by atoms with van der Waals surface area (Å²) in [6.07, 6.45) is 3.54. The van der Waals surface area contributed by atoms with E-state index in [9.17, 15) is 0 Å². The van der Waals surface area contributed by atoms with E-state index >= 15 is 0 Å². The SMILES string of the molecule is CCCN(c1nc(NC)nc(OCC)n1)C1CC1. The van der Waals surface area contributed by atoms with Crippen LogP contribution < -0.4 is 15.0 Å². The van der Waals surface area contributed by atoms with E-state index in [-0.39, 0.29) is 0 Å². The van der Waals surface area contributed by atoms with Gasteiger partial charge in [-0.15, -0.1) is 0 Å². The average Bonchev–Trinajstić information content (AvgIpc) is 3.20. The molecular formula is C12H21N5O. The predicted molar refractivity (Wildman–Crippen MR) is 71.2 cm³/mol. The fraction of sp³-hybridized carbons (Fsp3) is 0.750. The zero-order chi connectivity index (χ0) is 13.0. The van der Waals surface area contributed by atoms with Gasteiger partial charge in [-0.2, -0.15) is 15.0 Å². The highest BCUT2D eigenvalue weighted by Crippen LogP contribution is 2.30. The average molecular weight is 251 g/mol. The van der Waals surface area contributed by atoms with Crippen LogP contribution in [0.15, 0.2) is 0 Å². The molecule has 1 aliphatic carbocycles. The van der Waals surface area contributed by atoms with Crippen molar-refractivity contribution in [2.75, 3.05) is 30.4 Å². The van der Waals surface area contributed by atoms with Crippen molar-refractivity contribution in [2.45, 2.75) is 39.2 Å². The number of hydrogen-bond donors (Lipinski definition) is 1. The van der Waals surface area contributed by atoms with E-state index < -0.39 is 0 Å². The Hall–Kier alpha value is -1.59. The van der Waals surface area contributed by atoms with Crippen molar-refractivity contribution in [3.05, 3.63) is 0 Å². The lowest BCUT2D eigenvalue weighted by atomic mass is 10.4. The van der Waals surface area contributed by atoms with Crippen LogP contribution in [0.5, 0.6) is 6.01 Å². The molecule has 1 fully saturated rings. The minimum Gasteiger partial charge on any atom is -0.464 e. The molecule has 0 aliphatic heterocycles. The molecule has 0 amide bonds. The summed E-state index contributed by atoms with van der Waals surface area (Å²) in [4.78, 5) is 15.3. The standard InChI is InChI=1S/C12H21N5O/c1-4-8-17(9-6-7-9)11-14-10(13-3)15-12(16-11)18-5-2/h9H,4-8H2,1-3H3,(H,13,14,15,16). The van der Waals surface area contributed by atoms with Crippen LogP contribution >= 0.6 is 0 Å². The van der Waals surface area contributed by atoms with Gasteiger partial charge in [0.25, 0.3) is 0 Å². The molecule has 2 rings (SSSR count). The lowest BCUT2D eigenvalue weighted by Crippen LogP contribution is -2.29. The second kappa shape index (κ2) is 5.84. The Morgan fingerprint density at radius 2 is 2.06 bits per heavy atom. The summed E-state index contributed by atoms with van der Waals surface area (Å²) in [5.74, 6) is 1.28. The third kappa shape index (κ3) is 3.00. The molecule has 18 heavy (non-hydrogen) atoms. The Balaban J connectivity index is 2.25. The van der Waals surface area contributed by atoms with Gasteiger partial charge in [0.2, 0.25) is 11.9 Å². The fourth-order valence-corrected chi connectivity index (χ4v) is 1.85. The number of nitrogens with zero attached hydrogens (tertiary/aromatic N) is 4. The Morgan fingerprint density at radius 1 is 1.28 bits per heavy atom. The van der Waals surface area contributed by atoms with Crippen LogP contribution in [-0.4, -0.2) is 41.2 Å². The molecule has 0 atom stereocenters. The van der Waals surface area contributed by atoms with Gasteiger partial charge in [-0.25, -0.2) is 0 Å². The summed E-state index contributed by atoms with van der Waals surface area (Å²) in [6.45, 7) is 5.62. The molecule has 1 aromatic rings. The molecule has 1 aromatic heterocycles. The molecule has 1 saturated carbocycles. The molecule has 0 spiro atoms. The van der Waals surface area contributed by atoms with Gasteiger partial charge >= 0.3 is 6.01 Å². The van der Waals surface area contributed by atoms with Crippen LogP contribution in [0.1, 0.15) is 33.1 Å². The van der Waals surface area contributed by atoms with Gasteiger partial charge in [-0.3, -0.25) is 0 Å². The maximum absolute atomic E-state index is 5.39. The van der Waals surface area contributed by atoms with Gasteiger partial charge < -0.3 is 15.0 Å². The lowest BCUT2D eigenvalue weighted by Gasteiger charge is -2.22. The van der Waals surface area contributed by atoms with Crippen molar-refractivity contribution in [3.63, 3.8) is 0 Å². The summed E-state index contributed by atoms with van der Waals surface area (Å²) >= 11 is 0.